The Morgan fingerprint density at radius 1 is 1.17 bits per heavy atom. The highest BCUT2D eigenvalue weighted by atomic mass is 35.5. The second-order valence-electron chi connectivity index (χ2n) is 4.44. The summed E-state index contributed by atoms with van der Waals surface area (Å²) in [6.45, 7) is 0.787. The Hall–Kier alpha value is -1.67. The number of ether oxygens (including phenoxy) is 1. The second kappa shape index (κ2) is 4.91. The maximum absolute atomic E-state index is 5.94. The average molecular weight is 260 g/mol. The lowest BCUT2D eigenvalue weighted by Gasteiger charge is -2.13. The summed E-state index contributed by atoms with van der Waals surface area (Å²) in [5.74, 6) is 1.01. The highest BCUT2D eigenvalue weighted by Crippen LogP contribution is 2.28. The monoisotopic (exact) mass is 259 g/mol. The third-order valence-corrected chi connectivity index (χ3v) is 3.31. The molecule has 0 saturated carbocycles. The molecule has 0 aliphatic carbocycles. The lowest BCUT2D eigenvalue weighted by molar-refractivity contribution is 0.246. The van der Waals surface area contributed by atoms with Crippen molar-refractivity contribution in [3.8, 4) is 5.75 Å². The molecule has 2 aromatic rings. The van der Waals surface area contributed by atoms with Gasteiger partial charge in [-0.1, -0.05) is 35.9 Å². The minimum absolute atomic E-state index is 0.196. The van der Waals surface area contributed by atoms with Crippen LogP contribution in [0, 0.1) is 0 Å². The van der Waals surface area contributed by atoms with E-state index in [0.717, 1.165) is 29.4 Å². The van der Waals surface area contributed by atoms with E-state index in [0.29, 0.717) is 0 Å². The molecule has 1 unspecified atom stereocenters. The molecule has 0 spiro atoms. The van der Waals surface area contributed by atoms with Gasteiger partial charge in [-0.25, -0.2) is 0 Å². The van der Waals surface area contributed by atoms with E-state index in [4.69, 9.17) is 16.3 Å². The summed E-state index contributed by atoms with van der Waals surface area (Å²) >= 11 is 5.94. The highest BCUT2D eigenvalue weighted by Gasteiger charge is 2.21. The number of hydrogen-bond acceptors (Lipinski definition) is 2. The second-order valence-corrected chi connectivity index (χ2v) is 4.88. The van der Waals surface area contributed by atoms with Crippen LogP contribution in [-0.4, -0.2) is 12.6 Å². The van der Waals surface area contributed by atoms with Crippen molar-refractivity contribution in [2.45, 2.75) is 12.5 Å². The van der Waals surface area contributed by atoms with E-state index in [2.05, 4.69) is 17.4 Å². The van der Waals surface area contributed by atoms with Gasteiger partial charge >= 0.3 is 0 Å². The molecule has 0 amide bonds. The summed E-state index contributed by atoms with van der Waals surface area (Å²) in [5, 5.41) is 4.10. The van der Waals surface area contributed by atoms with E-state index in [1.807, 2.05) is 36.4 Å². The quantitative estimate of drug-likeness (QED) is 0.906. The molecule has 3 rings (SSSR count). The molecule has 0 saturated heterocycles. The van der Waals surface area contributed by atoms with Gasteiger partial charge in [-0.3, -0.25) is 0 Å². The first kappa shape index (κ1) is 11.4. The molecular formula is C15H14ClNO. The number of nitrogens with one attached hydrogen (secondary N) is 1. The standard InChI is InChI=1S/C15H14ClNO/c16-12-5-3-6-13(9-12)17-10-14-8-11-4-1-2-7-15(11)18-14/h1-7,9,14,17H,8,10H2. The zero-order valence-corrected chi connectivity index (χ0v) is 10.7. The van der Waals surface area contributed by atoms with E-state index >= 15 is 0 Å². The predicted octanol–water partition coefficient (Wildman–Crippen LogP) is 3.76. The molecule has 0 fully saturated rings. The van der Waals surface area contributed by atoms with E-state index in [9.17, 15) is 0 Å². The Bertz CT molecular complexity index is 531. The van der Waals surface area contributed by atoms with E-state index in [1.54, 1.807) is 0 Å². The van der Waals surface area contributed by atoms with Gasteiger partial charge in [0.25, 0.3) is 0 Å². The number of benzene rings is 2. The van der Waals surface area contributed by atoms with Gasteiger partial charge < -0.3 is 10.1 Å². The van der Waals surface area contributed by atoms with Crippen molar-refractivity contribution < 1.29 is 4.74 Å². The average Bonchev–Trinajstić information content (AvgIpc) is 2.79. The summed E-state index contributed by atoms with van der Waals surface area (Å²) in [6.07, 6.45) is 1.16. The molecule has 1 N–H and O–H groups in total. The Morgan fingerprint density at radius 3 is 2.89 bits per heavy atom. The minimum Gasteiger partial charge on any atom is -0.488 e. The first-order valence-corrected chi connectivity index (χ1v) is 6.43. The van der Waals surface area contributed by atoms with Gasteiger partial charge in [0, 0.05) is 17.1 Å². The first-order chi connectivity index (χ1) is 8.81. The molecule has 2 aromatic carbocycles. The topological polar surface area (TPSA) is 21.3 Å². The number of halogens is 1. The van der Waals surface area contributed by atoms with Crippen molar-refractivity contribution in [3.05, 3.63) is 59.1 Å². The fourth-order valence-corrected chi connectivity index (χ4v) is 2.39. The third kappa shape index (κ3) is 2.44. The lowest BCUT2D eigenvalue weighted by Crippen LogP contribution is -2.23. The SMILES string of the molecule is Clc1cccc(NCC2Cc3ccccc3O2)c1. The Kier molecular flexibility index (Phi) is 3.11. The van der Waals surface area contributed by atoms with Crippen molar-refractivity contribution >= 4 is 17.3 Å². The van der Waals surface area contributed by atoms with Gasteiger partial charge in [0.05, 0.1) is 6.54 Å². The molecule has 1 aliphatic heterocycles. The summed E-state index contributed by atoms with van der Waals surface area (Å²) in [6, 6.07) is 15.9. The minimum atomic E-state index is 0.196. The van der Waals surface area contributed by atoms with Gasteiger partial charge in [0.15, 0.2) is 0 Å². The smallest absolute Gasteiger partial charge is 0.123 e. The summed E-state index contributed by atoms with van der Waals surface area (Å²) < 4.78 is 5.86. The van der Waals surface area contributed by atoms with Gasteiger partial charge in [0.2, 0.25) is 0 Å². The highest BCUT2D eigenvalue weighted by molar-refractivity contribution is 6.30. The van der Waals surface area contributed by atoms with E-state index in [1.165, 1.54) is 5.56 Å². The number of rotatable bonds is 3. The maximum atomic E-state index is 5.94. The van der Waals surface area contributed by atoms with Crippen molar-refractivity contribution in [2.75, 3.05) is 11.9 Å². The Morgan fingerprint density at radius 2 is 2.06 bits per heavy atom. The van der Waals surface area contributed by atoms with Crippen molar-refractivity contribution in [1.82, 2.24) is 0 Å². The molecule has 92 valence electrons. The summed E-state index contributed by atoms with van der Waals surface area (Å²) in [5.41, 5.74) is 2.32. The Labute approximate surface area is 112 Å². The number of para-hydroxylation sites is 1. The van der Waals surface area contributed by atoms with Crippen LogP contribution in [0.3, 0.4) is 0 Å². The van der Waals surface area contributed by atoms with Crippen LogP contribution in [0.4, 0.5) is 5.69 Å². The van der Waals surface area contributed by atoms with Crippen LogP contribution >= 0.6 is 11.6 Å². The van der Waals surface area contributed by atoms with Crippen LogP contribution in [-0.2, 0) is 6.42 Å². The van der Waals surface area contributed by atoms with Gasteiger partial charge in [-0.2, -0.15) is 0 Å². The first-order valence-electron chi connectivity index (χ1n) is 6.05. The van der Waals surface area contributed by atoms with Crippen LogP contribution in [0.2, 0.25) is 5.02 Å². The summed E-state index contributed by atoms with van der Waals surface area (Å²) in [4.78, 5) is 0. The van der Waals surface area contributed by atoms with Crippen molar-refractivity contribution in [1.29, 1.82) is 0 Å². The fourth-order valence-electron chi connectivity index (χ4n) is 2.20. The van der Waals surface area contributed by atoms with Crippen molar-refractivity contribution in [2.24, 2.45) is 0 Å². The number of fused-ring (bicyclic) bond motifs is 1. The van der Waals surface area contributed by atoms with Crippen molar-refractivity contribution in [3.63, 3.8) is 0 Å². The number of hydrogen-bond donors (Lipinski definition) is 1. The molecule has 0 bridgehead atoms. The third-order valence-electron chi connectivity index (χ3n) is 3.07. The zero-order valence-electron chi connectivity index (χ0n) is 9.90. The molecule has 1 atom stereocenters. The molecule has 0 aromatic heterocycles. The van der Waals surface area contributed by atoms with Gasteiger partial charge in [0.1, 0.15) is 11.9 Å². The zero-order chi connectivity index (χ0) is 12.4. The molecular weight excluding hydrogens is 246 g/mol. The van der Waals surface area contributed by atoms with E-state index in [-0.39, 0.29) is 6.10 Å². The van der Waals surface area contributed by atoms with Crippen LogP contribution in [0.5, 0.6) is 5.75 Å². The predicted molar refractivity (Wildman–Crippen MR) is 74.5 cm³/mol. The molecule has 2 nitrogen and oxygen atoms in total. The molecule has 18 heavy (non-hydrogen) atoms. The largest absolute Gasteiger partial charge is 0.488 e. The fraction of sp³-hybridized carbons (Fsp3) is 0.200. The molecule has 0 radical (unpaired) electrons. The normalized spacial score (nSPS) is 17.1. The maximum Gasteiger partial charge on any atom is 0.123 e. The van der Waals surface area contributed by atoms with Crippen LogP contribution in [0.15, 0.2) is 48.5 Å². The lowest BCUT2D eigenvalue weighted by atomic mass is 10.1. The van der Waals surface area contributed by atoms with Gasteiger partial charge in [-0.05, 0) is 29.8 Å². The van der Waals surface area contributed by atoms with Crippen LogP contribution in [0.25, 0.3) is 0 Å². The summed E-state index contributed by atoms with van der Waals surface area (Å²) in [7, 11) is 0. The molecule has 1 aliphatic rings. The number of anilines is 1. The van der Waals surface area contributed by atoms with Crippen LogP contribution in [0.1, 0.15) is 5.56 Å². The molecule has 1 heterocycles. The molecule has 3 heteroatoms. The Balaban J connectivity index is 1.60. The van der Waals surface area contributed by atoms with Gasteiger partial charge in [-0.15, -0.1) is 0 Å². The van der Waals surface area contributed by atoms with Crippen LogP contribution < -0.4 is 10.1 Å². The van der Waals surface area contributed by atoms with E-state index < -0.39 is 0 Å².